The number of ether oxygens (including phenoxy) is 1. The summed E-state index contributed by atoms with van der Waals surface area (Å²) >= 11 is 0. The molecule has 3 heteroatoms. The summed E-state index contributed by atoms with van der Waals surface area (Å²) in [7, 11) is 1.34. The van der Waals surface area contributed by atoms with Crippen LogP contribution in [0.4, 0.5) is 4.79 Å². The first kappa shape index (κ1) is 11.5. The largest absolute Gasteiger partial charge is 0.453 e. The first-order chi connectivity index (χ1) is 6.24. The van der Waals surface area contributed by atoms with E-state index in [4.69, 9.17) is 0 Å². The number of rotatable bonds is 5. The van der Waals surface area contributed by atoms with Gasteiger partial charge in [0.15, 0.2) is 0 Å². The van der Waals surface area contributed by atoms with Crippen molar-refractivity contribution in [2.45, 2.75) is 6.42 Å². The number of amides is 1. The van der Waals surface area contributed by atoms with E-state index >= 15 is 0 Å². The first-order valence-electron chi connectivity index (χ1n) is 4.00. The average Bonchev–Trinajstić information content (AvgIpc) is 2.16. The van der Waals surface area contributed by atoms with E-state index in [9.17, 15) is 4.79 Å². The third kappa shape index (κ3) is 5.73. The average molecular weight is 183 g/mol. The molecular weight excluding hydrogens is 166 g/mol. The lowest BCUT2D eigenvalue weighted by atomic mass is 10.2. The molecule has 13 heavy (non-hydrogen) atoms. The molecule has 3 nitrogen and oxygen atoms in total. The minimum absolute atomic E-state index is 0. The van der Waals surface area contributed by atoms with Gasteiger partial charge in [-0.25, -0.2) is 4.79 Å². The number of hydrogen-bond acceptors (Lipinski definition) is 2. The van der Waals surface area contributed by atoms with Crippen molar-refractivity contribution >= 4 is 6.09 Å². The summed E-state index contributed by atoms with van der Waals surface area (Å²) < 4.78 is 4.41. The molecule has 0 aliphatic rings. The SMILES string of the molecule is C=C/C=C(\C=C)CCNC(=O)OC.[HH]. The molecule has 0 rings (SSSR count). The van der Waals surface area contributed by atoms with Gasteiger partial charge in [-0.3, -0.25) is 0 Å². The van der Waals surface area contributed by atoms with E-state index in [1.54, 1.807) is 12.2 Å². The van der Waals surface area contributed by atoms with Crippen molar-refractivity contribution in [3.8, 4) is 0 Å². The maximum Gasteiger partial charge on any atom is 0.406 e. The zero-order chi connectivity index (χ0) is 10.1. The second kappa shape index (κ2) is 7.16. The standard InChI is InChI=1S/C10H15NO2.H2/c1-4-6-9(5-2)7-8-11-10(12)13-3;/h4-6H,1-2,7-8H2,3H3,(H,11,12);1H/b9-6+;. The Morgan fingerprint density at radius 3 is 2.77 bits per heavy atom. The second-order valence-corrected chi connectivity index (χ2v) is 2.35. The highest BCUT2D eigenvalue weighted by molar-refractivity contribution is 5.66. The van der Waals surface area contributed by atoms with Crippen LogP contribution in [0.3, 0.4) is 0 Å². The Bertz CT molecular complexity index is 224. The van der Waals surface area contributed by atoms with E-state index in [1.165, 1.54) is 7.11 Å². The van der Waals surface area contributed by atoms with Gasteiger partial charge in [-0.15, -0.1) is 0 Å². The Labute approximate surface area is 80.3 Å². The van der Waals surface area contributed by atoms with Gasteiger partial charge >= 0.3 is 6.09 Å². The highest BCUT2D eigenvalue weighted by atomic mass is 16.5. The number of allylic oxidation sites excluding steroid dienone is 3. The number of methoxy groups -OCH3 is 1. The maximum absolute atomic E-state index is 10.6. The number of nitrogens with one attached hydrogen (secondary N) is 1. The summed E-state index contributed by atoms with van der Waals surface area (Å²) in [5.74, 6) is 0. The van der Waals surface area contributed by atoms with Crippen LogP contribution < -0.4 is 5.32 Å². The highest BCUT2D eigenvalue weighted by Gasteiger charge is 1.96. The fraction of sp³-hybridized carbons (Fsp3) is 0.300. The van der Waals surface area contributed by atoms with Crippen LogP contribution in [0, 0.1) is 0 Å². The minimum Gasteiger partial charge on any atom is -0.453 e. The van der Waals surface area contributed by atoms with E-state index in [1.807, 2.05) is 6.08 Å². The lowest BCUT2D eigenvalue weighted by Gasteiger charge is -2.03. The van der Waals surface area contributed by atoms with Gasteiger partial charge in [0.25, 0.3) is 0 Å². The summed E-state index contributed by atoms with van der Waals surface area (Å²) in [5, 5.41) is 2.57. The van der Waals surface area contributed by atoms with Crippen molar-refractivity contribution in [2.75, 3.05) is 13.7 Å². The van der Waals surface area contributed by atoms with Crippen molar-refractivity contribution in [1.29, 1.82) is 0 Å². The van der Waals surface area contributed by atoms with Crippen LogP contribution in [-0.4, -0.2) is 19.7 Å². The molecule has 0 aromatic rings. The summed E-state index contributed by atoms with van der Waals surface area (Å²) in [5.41, 5.74) is 1.03. The monoisotopic (exact) mass is 183 g/mol. The van der Waals surface area contributed by atoms with E-state index in [0.717, 1.165) is 12.0 Å². The van der Waals surface area contributed by atoms with Crippen LogP contribution in [0.5, 0.6) is 0 Å². The predicted octanol–water partition coefficient (Wildman–Crippen LogP) is 2.28. The number of carbonyl (C=O) groups excluding carboxylic acids is 1. The summed E-state index contributed by atoms with van der Waals surface area (Å²) in [6, 6.07) is 0. The van der Waals surface area contributed by atoms with E-state index in [-0.39, 0.29) is 1.43 Å². The van der Waals surface area contributed by atoms with Crippen LogP contribution in [-0.2, 0) is 4.74 Å². The number of carbonyl (C=O) groups is 1. The van der Waals surface area contributed by atoms with Crippen LogP contribution in [0.25, 0.3) is 0 Å². The molecule has 0 bridgehead atoms. The maximum atomic E-state index is 10.6. The Balaban J connectivity index is 0. The summed E-state index contributed by atoms with van der Waals surface area (Å²) in [6.07, 6.45) is 5.59. The Morgan fingerprint density at radius 2 is 2.31 bits per heavy atom. The quantitative estimate of drug-likeness (QED) is 0.664. The molecule has 1 N–H and O–H groups in total. The molecule has 74 valence electrons. The minimum atomic E-state index is -0.415. The topological polar surface area (TPSA) is 38.3 Å². The molecule has 0 unspecified atom stereocenters. The molecule has 0 atom stereocenters. The zero-order valence-corrected chi connectivity index (χ0v) is 7.88. The van der Waals surface area contributed by atoms with E-state index in [2.05, 4.69) is 23.2 Å². The lowest BCUT2D eigenvalue weighted by Crippen LogP contribution is -2.24. The molecule has 0 aliphatic heterocycles. The van der Waals surface area contributed by atoms with Crippen molar-refractivity contribution in [1.82, 2.24) is 5.32 Å². The Kier molecular flexibility index (Phi) is 6.32. The first-order valence-corrected chi connectivity index (χ1v) is 4.00. The van der Waals surface area contributed by atoms with E-state index in [0.29, 0.717) is 6.54 Å². The van der Waals surface area contributed by atoms with E-state index < -0.39 is 6.09 Å². The predicted molar refractivity (Wildman–Crippen MR) is 55.6 cm³/mol. The fourth-order valence-corrected chi connectivity index (χ4v) is 0.786. The molecule has 1 amide bonds. The van der Waals surface area contributed by atoms with Crippen LogP contribution >= 0.6 is 0 Å². The second-order valence-electron chi connectivity index (χ2n) is 2.35. The fourth-order valence-electron chi connectivity index (χ4n) is 0.786. The zero-order valence-electron chi connectivity index (χ0n) is 7.88. The number of alkyl carbamates (subject to hydrolysis) is 1. The van der Waals surface area contributed by atoms with Gasteiger partial charge < -0.3 is 10.1 Å². The third-order valence-corrected chi connectivity index (χ3v) is 1.46. The molecule has 0 heterocycles. The normalized spacial score (nSPS) is 10.4. The Hall–Kier alpha value is -1.51. The smallest absolute Gasteiger partial charge is 0.406 e. The van der Waals surface area contributed by atoms with Crippen LogP contribution in [0.1, 0.15) is 7.85 Å². The van der Waals surface area contributed by atoms with Gasteiger partial charge in [0.2, 0.25) is 0 Å². The van der Waals surface area contributed by atoms with Gasteiger partial charge in [-0.1, -0.05) is 31.4 Å². The van der Waals surface area contributed by atoms with Crippen molar-refractivity contribution in [2.24, 2.45) is 0 Å². The van der Waals surface area contributed by atoms with Crippen LogP contribution in [0.15, 0.2) is 37.0 Å². The van der Waals surface area contributed by atoms with Crippen molar-refractivity contribution < 1.29 is 11.0 Å². The van der Waals surface area contributed by atoms with Gasteiger partial charge in [-0.05, 0) is 12.0 Å². The third-order valence-electron chi connectivity index (χ3n) is 1.46. The molecular formula is C10H17NO2. The van der Waals surface area contributed by atoms with Crippen LogP contribution in [0.2, 0.25) is 0 Å². The molecule has 0 aromatic heterocycles. The molecule has 0 aliphatic carbocycles. The molecule has 0 radical (unpaired) electrons. The van der Waals surface area contributed by atoms with Gasteiger partial charge in [-0.2, -0.15) is 0 Å². The molecule has 0 spiro atoms. The number of hydrogen-bond donors (Lipinski definition) is 1. The summed E-state index contributed by atoms with van der Waals surface area (Å²) in [4.78, 5) is 10.6. The van der Waals surface area contributed by atoms with Gasteiger partial charge in [0.1, 0.15) is 0 Å². The molecule has 0 fully saturated rings. The molecule has 0 saturated heterocycles. The van der Waals surface area contributed by atoms with Crippen molar-refractivity contribution in [3.05, 3.63) is 37.0 Å². The molecule has 0 saturated carbocycles. The highest BCUT2D eigenvalue weighted by Crippen LogP contribution is 2.00. The summed E-state index contributed by atoms with van der Waals surface area (Å²) in [6.45, 7) is 7.75. The van der Waals surface area contributed by atoms with Gasteiger partial charge in [0.05, 0.1) is 7.11 Å². The van der Waals surface area contributed by atoms with Gasteiger partial charge in [0, 0.05) is 7.97 Å². The van der Waals surface area contributed by atoms with Crippen molar-refractivity contribution in [3.63, 3.8) is 0 Å². The molecule has 0 aromatic carbocycles. The lowest BCUT2D eigenvalue weighted by molar-refractivity contribution is 0.171. The Morgan fingerprint density at radius 1 is 1.62 bits per heavy atom.